The molecule has 11 aromatic carbocycles. The highest BCUT2D eigenvalue weighted by molar-refractivity contribution is 6.06. The summed E-state index contributed by atoms with van der Waals surface area (Å²) in [4.78, 5) is 2.37. The van der Waals surface area contributed by atoms with Gasteiger partial charge in [-0.2, -0.15) is 0 Å². The van der Waals surface area contributed by atoms with Gasteiger partial charge in [0, 0.05) is 33.2 Å². The molecule has 1 aromatic heterocycles. The van der Waals surface area contributed by atoms with Crippen molar-refractivity contribution in [2.75, 3.05) is 4.90 Å². The van der Waals surface area contributed by atoms with E-state index in [9.17, 15) is 0 Å². The second-order valence-corrected chi connectivity index (χ2v) is 19.3. The molecule has 1 heterocycles. The first kappa shape index (κ1) is 41.0. The van der Waals surface area contributed by atoms with Crippen molar-refractivity contribution < 1.29 is 4.42 Å². The lowest BCUT2D eigenvalue weighted by Gasteiger charge is -2.34. The van der Waals surface area contributed by atoms with Crippen LogP contribution in [0.3, 0.4) is 0 Å². The molecule has 0 bridgehead atoms. The molecule has 0 N–H and O–H groups in total. The van der Waals surface area contributed by atoms with E-state index in [-0.39, 0.29) is 5.41 Å². The Balaban J connectivity index is 0.871. The quantitative estimate of drug-likeness (QED) is 0.151. The van der Waals surface area contributed by atoms with Crippen LogP contribution >= 0.6 is 0 Å². The van der Waals surface area contributed by atoms with E-state index in [0.29, 0.717) is 0 Å². The van der Waals surface area contributed by atoms with Crippen molar-refractivity contribution >= 4 is 39.0 Å². The highest BCUT2D eigenvalue weighted by Crippen LogP contribution is 2.57. The van der Waals surface area contributed by atoms with Crippen molar-refractivity contribution in [1.29, 1.82) is 0 Å². The molecule has 2 aliphatic rings. The monoisotopic (exact) mass is 905 g/mol. The molecule has 0 spiro atoms. The number of hydrogen-bond donors (Lipinski definition) is 0. The highest BCUT2D eigenvalue weighted by atomic mass is 16.3. The van der Waals surface area contributed by atoms with Crippen molar-refractivity contribution in [2.45, 2.75) is 17.8 Å². The molecule has 0 amide bonds. The molecule has 0 aliphatic heterocycles. The Kier molecular flexibility index (Phi) is 9.28. The molecule has 71 heavy (non-hydrogen) atoms. The third-order valence-electron chi connectivity index (χ3n) is 15.7. The van der Waals surface area contributed by atoms with Crippen LogP contribution in [0.2, 0.25) is 0 Å². The zero-order valence-corrected chi connectivity index (χ0v) is 39.3. The number of para-hydroxylation sites is 1. The summed E-state index contributed by atoms with van der Waals surface area (Å²) in [7, 11) is 0. The third kappa shape index (κ3) is 6.21. The number of anilines is 3. The van der Waals surface area contributed by atoms with Gasteiger partial charge in [0.05, 0.1) is 5.41 Å². The lowest BCUT2D eigenvalue weighted by Crippen LogP contribution is -2.28. The minimum Gasteiger partial charge on any atom is -0.456 e. The summed E-state index contributed by atoms with van der Waals surface area (Å²) < 4.78 is 6.33. The fourth-order valence-corrected chi connectivity index (χ4v) is 12.3. The molecule has 2 nitrogen and oxygen atoms in total. The summed E-state index contributed by atoms with van der Waals surface area (Å²) in [6, 6.07) is 98.1. The summed E-state index contributed by atoms with van der Waals surface area (Å²) in [5, 5.41) is 2.20. The average molecular weight is 906 g/mol. The van der Waals surface area contributed by atoms with Gasteiger partial charge < -0.3 is 9.32 Å². The maximum absolute atomic E-state index is 6.33. The number of hydrogen-bond acceptors (Lipinski definition) is 2. The van der Waals surface area contributed by atoms with Gasteiger partial charge in [0.2, 0.25) is 0 Å². The molecule has 0 radical (unpaired) electrons. The standard InChI is InChI=1S/C69H47NO/c1-68(50-17-5-2-6-18-50)62-26-14-11-23-56(62)58-40-33-48(43-64(58)68)46-29-35-53(36-30-46)70(55-39-42-67-61(45-55)60-25-13-16-28-66(60)71-67)54-37-31-47(32-38-54)49-34-41-59-57-24-12-15-27-63(57)69(65(59)44-49,51-19-7-3-8-20-51)52-21-9-4-10-22-52/h2-45H,1H3. The molecule has 2 heteroatoms. The zero-order chi connectivity index (χ0) is 47.1. The zero-order valence-electron chi connectivity index (χ0n) is 39.3. The van der Waals surface area contributed by atoms with Crippen molar-refractivity contribution in [2.24, 2.45) is 0 Å². The van der Waals surface area contributed by atoms with E-state index in [0.717, 1.165) is 44.6 Å². The first-order valence-electron chi connectivity index (χ1n) is 24.7. The maximum atomic E-state index is 6.33. The van der Waals surface area contributed by atoms with Crippen LogP contribution in [-0.4, -0.2) is 0 Å². The summed E-state index contributed by atoms with van der Waals surface area (Å²) in [5.41, 5.74) is 23.3. The van der Waals surface area contributed by atoms with Crippen LogP contribution in [0, 0.1) is 0 Å². The van der Waals surface area contributed by atoms with Crippen molar-refractivity contribution in [3.05, 3.63) is 306 Å². The van der Waals surface area contributed by atoms with Gasteiger partial charge in [0.15, 0.2) is 0 Å². The third-order valence-corrected chi connectivity index (χ3v) is 15.7. The SMILES string of the molecule is CC1(c2ccccc2)c2ccccc2-c2ccc(-c3ccc(N(c4ccc(-c5ccc6c(c5)C(c5ccccc5)(c5ccccc5)c5ccccc5-6)cc4)c4ccc5oc6ccccc6c5c4)cc3)cc21. The summed E-state index contributed by atoms with van der Waals surface area (Å²) >= 11 is 0. The number of rotatable bonds is 8. The molecule has 0 saturated carbocycles. The Morgan fingerprint density at radius 3 is 1.35 bits per heavy atom. The van der Waals surface area contributed by atoms with Crippen LogP contribution < -0.4 is 4.90 Å². The minimum absolute atomic E-state index is 0.264. The van der Waals surface area contributed by atoms with Crippen LogP contribution in [0.1, 0.15) is 45.9 Å². The Bertz CT molecular complexity index is 3940. The van der Waals surface area contributed by atoms with Gasteiger partial charge in [0.25, 0.3) is 0 Å². The van der Waals surface area contributed by atoms with E-state index in [2.05, 4.69) is 267 Å². The Morgan fingerprint density at radius 2 is 0.732 bits per heavy atom. The summed E-state index contributed by atoms with van der Waals surface area (Å²) in [5.74, 6) is 0. The first-order valence-corrected chi connectivity index (χ1v) is 24.7. The lowest BCUT2D eigenvalue weighted by molar-refractivity contribution is 0.669. The number of furan rings is 1. The lowest BCUT2D eigenvalue weighted by atomic mass is 9.67. The van der Waals surface area contributed by atoms with E-state index in [1.54, 1.807) is 0 Å². The molecule has 334 valence electrons. The number of fused-ring (bicyclic) bond motifs is 9. The molecule has 12 aromatic rings. The first-order chi connectivity index (χ1) is 35.1. The maximum Gasteiger partial charge on any atom is 0.135 e. The molecular weight excluding hydrogens is 859 g/mol. The van der Waals surface area contributed by atoms with Crippen LogP contribution in [0.4, 0.5) is 17.1 Å². The van der Waals surface area contributed by atoms with Gasteiger partial charge in [-0.25, -0.2) is 0 Å². The smallest absolute Gasteiger partial charge is 0.135 e. The van der Waals surface area contributed by atoms with E-state index >= 15 is 0 Å². The highest BCUT2D eigenvalue weighted by Gasteiger charge is 2.46. The fourth-order valence-electron chi connectivity index (χ4n) is 12.3. The minimum atomic E-state index is -0.463. The predicted molar refractivity (Wildman–Crippen MR) is 294 cm³/mol. The number of nitrogens with zero attached hydrogens (tertiary/aromatic N) is 1. The fraction of sp³-hybridized carbons (Fsp3) is 0.0435. The van der Waals surface area contributed by atoms with E-state index < -0.39 is 5.41 Å². The van der Waals surface area contributed by atoms with Gasteiger partial charge in [-0.15, -0.1) is 0 Å². The Hall–Kier alpha value is -8.98. The second-order valence-electron chi connectivity index (χ2n) is 19.3. The van der Waals surface area contributed by atoms with Crippen LogP contribution in [0.5, 0.6) is 0 Å². The summed E-state index contributed by atoms with van der Waals surface area (Å²) in [6.07, 6.45) is 0. The molecule has 2 aliphatic carbocycles. The van der Waals surface area contributed by atoms with Gasteiger partial charge in [-0.3, -0.25) is 0 Å². The normalized spacial score (nSPS) is 15.0. The second kappa shape index (κ2) is 16.1. The Morgan fingerprint density at radius 1 is 0.296 bits per heavy atom. The van der Waals surface area contributed by atoms with Gasteiger partial charge in [-0.05, 0) is 151 Å². The van der Waals surface area contributed by atoms with Gasteiger partial charge in [-0.1, -0.05) is 206 Å². The van der Waals surface area contributed by atoms with Crippen LogP contribution in [0.15, 0.2) is 271 Å². The van der Waals surface area contributed by atoms with E-state index in [1.807, 2.05) is 12.1 Å². The van der Waals surface area contributed by atoms with Crippen LogP contribution in [0.25, 0.3) is 66.4 Å². The molecule has 1 unspecified atom stereocenters. The van der Waals surface area contributed by atoms with Crippen molar-refractivity contribution in [1.82, 2.24) is 0 Å². The summed E-state index contributed by atoms with van der Waals surface area (Å²) in [6.45, 7) is 2.38. The molecule has 0 saturated heterocycles. The van der Waals surface area contributed by atoms with Crippen molar-refractivity contribution in [3.63, 3.8) is 0 Å². The number of benzene rings is 11. The largest absolute Gasteiger partial charge is 0.456 e. The molecular formula is C69H47NO. The average Bonchev–Trinajstić information content (AvgIpc) is 4.06. The van der Waals surface area contributed by atoms with Crippen LogP contribution in [-0.2, 0) is 10.8 Å². The van der Waals surface area contributed by atoms with Crippen molar-refractivity contribution in [3.8, 4) is 44.5 Å². The predicted octanol–water partition coefficient (Wildman–Crippen LogP) is 18.1. The van der Waals surface area contributed by atoms with Gasteiger partial charge >= 0.3 is 0 Å². The van der Waals surface area contributed by atoms with E-state index in [4.69, 9.17) is 4.42 Å². The molecule has 14 rings (SSSR count). The topological polar surface area (TPSA) is 16.4 Å². The van der Waals surface area contributed by atoms with Gasteiger partial charge in [0.1, 0.15) is 11.2 Å². The van der Waals surface area contributed by atoms with E-state index in [1.165, 1.54) is 77.9 Å². The Labute approximate surface area is 414 Å². The molecule has 1 atom stereocenters. The molecule has 0 fully saturated rings.